The number of halogens is 1. The van der Waals surface area contributed by atoms with Crippen LogP contribution in [0.2, 0.25) is 5.02 Å². The molecule has 2 N–H and O–H groups in total. The number of nitrogens with one attached hydrogen (secondary N) is 2. The van der Waals surface area contributed by atoms with E-state index in [9.17, 15) is 24.0 Å². The normalized spacial score (nSPS) is 24.5. The number of carbonyl (C=O) groups excluding carboxylic acids is 5. The Bertz CT molecular complexity index is 1220. The standard InChI is InChI=1S/C27H26ClN3O6/c28-19-9-5-4-8-18(19)24(33)30-29-21(32)14-37-27(36)20(12-15-6-2-1-3-7-15)31-25(34)22-16-10-11-17(13-16)23(22)26(31)35/h1-9,16-17,20,22-23H,10-14H2,(H,29,32)(H,30,33)/t16-,17-,20-,22-,23-/m0/s1. The quantitative estimate of drug-likeness (QED) is 0.326. The Morgan fingerprint density at radius 2 is 1.54 bits per heavy atom. The number of nitrogens with zero attached hydrogens (tertiary/aromatic N) is 1. The van der Waals surface area contributed by atoms with Gasteiger partial charge in [-0.3, -0.25) is 34.9 Å². The Labute approximate surface area is 218 Å². The number of hydrogen-bond donors (Lipinski definition) is 2. The molecule has 3 aliphatic rings. The van der Waals surface area contributed by atoms with Crippen molar-refractivity contribution in [2.24, 2.45) is 23.7 Å². The molecule has 1 saturated heterocycles. The Hall–Kier alpha value is -3.72. The summed E-state index contributed by atoms with van der Waals surface area (Å²) < 4.78 is 5.23. The number of hydrogen-bond acceptors (Lipinski definition) is 6. The zero-order valence-corrected chi connectivity index (χ0v) is 20.6. The molecule has 2 aromatic carbocycles. The molecule has 1 aliphatic heterocycles. The maximum atomic E-state index is 13.4. The Morgan fingerprint density at radius 1 is 0.919 bits per heavy atom. The highest BCUT2D eigenvalue weighted by Gasteiger charge is 2.62. The minimum absolute atomic E-state index is 0.0801. The zero-order chi connectivity index (χ0) is 26.1. The van der Waals surface area contributed by atoms with Crippen LogP contribution >= 0.6 is 11.6 Å². The molecule has 37 heavy (non-hydrogen) atoms. The zero-order valence-electron chi connectivity index (χ0n) is 19.9. The first-order valence-corrected chi connectivity index (χ1v) is 12.6. The van der Waals surface area contributed by atoms with E-state index in [1.54, 1.807) is 36.4 Å². The highest BCUT2D eigenvalue weighted by Crippen LogP contribution is 2.56. The second-order valence-corrected chi connectivity index (χ2v) is 10.1. The summed E-state index contributed by atoms with van der Waals surface area (Å²) in [6.07, 6.45) is 2.81. The van der Waals surface area contributed by atoms with Crippen LogP contribution in [0.15, 0.2) is 54.6 Å². The van der Waals surface area contributed by atoms with Crippen LogP contribution in [0, 0.1) is 23.7 Å². The molecule has 0 unspecified atom stereocenters. The van der Waals surface area contributed by atoms with E-state index in [2.05, 4.69) is 10.9 Å². The molecule has 0 radical (unpaired) electrons. The van der Waals surface area contributed by atoms with E-state index in [1.807, 2.05) is 6.07 Å². The predicted molar refractivity (Wildman–Crippen MR) is 132 cm³/mol. The average Bonchev–Trinajstić information content (AvgIpc) is 3.59. The summed E-state index contributed by atoms with van der Waals surface area (Å²) in [7, 11) is 0. The van der Waals surface area contributed by atoms with Gasteiger partial charge in [-0.15, -0.1) is 0 Å². The van der Waals surface area contributed by atoms with Gasteiger partial charge in [-0.1, -0.05) is 54.1 Å². The number of esters is 1. The van der Waals surface area contributed by atoms with Crippen molar-refractivity contribution in [2.75, 3.05) is 6.61 Å². The fraction of sp³-hybridized carbons (Fsp3) is 0.370. The average molecular weight is 524 g/mol. The van der Waals surface area contributed by atoms with Gasteiger partial charge < -0.3 is 4.74 Å². The van der Waals surface area contributed by atoms with Gasteiger partial charge in [-0.25, -0.2) is 4.79 Å². The molecule has 2 aliphatic carbocycles. The first-order chi connectivity index (χ1) is 17.8. The maximum absolute atomic E-state index is 13.4. The first-order valence-electron chi connectivity index (χ1n) is 12.3. The van der Waals surface area contributed by atoms with Crippen molar-refractivity contribution in [3.05, 3.63) is 70.7 Å². The molecule has 4 amide bonds. The fourth-order valence-electron chi connectivity index (χ4n) is 5.96. The predicted octanol–water partition coefficient (Wildman–Crippen LogP) is 2.29. The van der Waals surface area contributed by atoms with E-state index in [0.717, 1.165) is 29.7 Å². The van der Waals surface area contributed by atoms with Gasteiger partial charge >= 0.3 is 5.97 Å². The summed E-state index contributed by atoms with van der Waals surface area (Å²) >= 11 is 5.98. The minimum Gasteiger partial charge on any atom is -0.454 e. The van der Waals surface area contributed by atoms with Crippen molar-refractivity contribution in [3.63, 3.8) is 0 Å². The number of carbonyl (C=O) groups is 5. The smallest absolute Gasteiger partial charge is 0.330 e. The Balaban J connectivity index is 1.25. The molecule has 10 heteroatoms. The van der Waals surface area contributed by atoms with E-state index in [0.29, 0.717) is 0 Å². The van der Waals surface area contributed by atoms with Crippen molar-refractivity contribution >= 4 is 41.2 Å². The Morgan fingerprint density at radius 3 is 2.19 bits per heavy atom. The molecule has 5 atom stereocenters. The molecule has 2 bridgehead atoms. The highest BCUT2D eigenvalue weighted by molar-refractivity contribution is 6.33. The number of rotatable bonds is 7. The van der Waals surface area contributed by atoms with Gasteiger partial charge in [0.15, 0.2) is 6.61 Å². The van der Waals surface area contributed by atoms with E-state index in [4.69, 9.17) is 16.3 Å². The van der Waals surface area contributed by atoms with Gasteiger partial charge in [0.05, 0.1) is 22.4 Å². The van der Waals surface area contributed by atoms with Crippen LogP contribution in [0.25, 0.3) is 0 Å². The van der Waals surface area contributed by atoms with Crippen LogP contribution in [0.5, 0.6) is 0 Å². The van der Waals surface area contributed by atoms with Crippen molar-refractivity contribution in [1.82, 2.24) is 15.8 Å². The summed E-state index contributed by atoms with van der Waals surface area (Å²) in [5.41, 5.74) is 5.30. The van der Waals surface area contributed by atoms with Gasteiger partial charge in [0, 0.05) is 6.42 Å². The third kappa shape index (κ3) is 4.83. The van der Waals surface area contributed by atoms with Crippen LogP contribution in [-0.2, 0) is 30.3 Å². The molecular weight excluding hydrogens is 498 g/mol. The molecule has 1 heterocycles. The second kappa shape index (κ2) is 10.3. The number of likely N-dealkylation sites (tertiary alicyclic amines) is 1. The third-order valence-electron chi connectivity index (χ3n) is 7.60. The number of hydrazine groups is 1. The number of ether oxygens (including phenoxy) is 1. The van der Waals surface area contributed by atoms with Crippen molar-refractivity contribution < 1.29 is 28.7 Å². The maximum Gasteiger partial charge on any atom is 0.330 e. The lowest BCUT2D eigenvalue weighted by Crippen LogP contribution is -2.49. The van der Waals surface area contributed by atoms with Gasteiger partial charge in [0.1, 0.15) is 6.04 Å². The highest BCUT2D eigenvalue weighted by atomic mass is 35.5. The Kier molecular flexibility index (Phi) is 6.97. The second-order valence-electron chi connectivity index (χ2n) is 9.73. The molecule has 2 aromatic rings. The fourth-order valence-corrected chi connectivity index (χ4v) is 6.19. The number of fused-ring (bicyclic) bond motifs is 5. The minimum atomic E-state index is -1.18. The molecule has 3 fully saturated rings. The molecule has 2 saturated carbocycles. The lowest BCUT2D eigenvalue weighted by Gasteiger charge is -2.26. The largest absolute Gasteiger partial charge is 0.454 e. The van der Waals surface area contributed by atoms with Gasteiger partial charge in [0.2, 0.25) is 11.8 Å². The van der Waals surface area contributed by atoms with Crippen LogP contribution in [0.1, 0.15) is 35.2 Å². The van der Waals surface area contributed by atoms with Crippen LogP contribution < -0.4 is 10.9 Å². The molecular formula is C27H26ClN3O6. The SMILES string of the molecule is O=C(COC(=O)[C@H](Cc1ccccc1)N1C(=O)[C@H]2[C@H]3CC[C@@H](C3)[C@@H]2C1=O)NNC(=O)c1ccccc1Cl. The van der Waals surface area contributed by atoms with E-state index in [1.165, 1.54) is 12.1 Å². The van der Waals surface area contributed by atoms with Gasteiger partial charge in [0.25, 0.3) is 11.8 Å². The van der Waals surface area contributed by atoms with Gasteiger partial charge in [-0.05, 0) is 48.8 Å². The molecule has 0 spiro atoms. The van der Waals surface area contributed by atoms with E-state index >= 15 is 0 Å². The van der Waals surface area contributed by atoms with E-state index < -0.39 is 30.4 Å². The topological polar surface area (TPSA) is 122 Å². The lowest BCUT2D eigenvalue weighted by atomic mass is 9.81. The van der Waals surface area contributed by atoms with Crippen LogP contribution in [0.3, 0.4) is 0 Å². The molecule has 9 nitrogen and oxygen atoms in total. The number of benzene rings is 2. The first kappa shape index (κ1) is 25.0. The molecule has 5 rings (SSSR count). The number of imide groups is 1. The van der Waals surface area contributed by atoms with Crippen molar-refractivity contribution in [3.8, 4) is 0 Å². The van der Waals surface area contributed by atoms with E-state index in [-0.39, 0.29) is 52.5 Å². The summed E-state index contributed by atoms with van der Waals surface area (Å²) in [5.74, 6) is -3.32. The summed E-state index contributed by atoms with van der Waals surface area (Å²) in [6, 6.07) is 14.2. The third-order valence-corrected chi connectivity index (χ3v) is 7.93. The van der Waals surface area contributed by atoms with Crippen LogP contribution in [-0.4, -0.2) is 47.1 Å². The van der Waals surface area contributed by atoms with Crippen molar-refractivity contribution in [2.45, 2.75) is 31.7 Å². The van der Waals surface area contributed by atoms with Crippen molar-refractivity contribution in [1.29, 1.82) is 0 Å². The van der Waals surface area contributed by atoms with Crippen LogP contribution in [0.4, 0.5) is 0 Å². The summed E-state index contributed by atoms with van der Waals surface area (Å²) in [5, 5.41) is 0.211. The lowest BCUT2D eigenvalue weighted by molar-refractivity contribution is -0.160. The molecule has 192 valence electrons. The monoisotopic (exact) mass is 523 g/mol. The number of amides is 4. The van der Waals surface area contributed by atoms with Gasteiger partial charge in [-0.2, -0.15) is 0 Å². The molecule has 0 aromatic heterocycles. The summed E-state index contributed by atoms with van der Waals surface area (Å²) in [4.78, 5) is 65.5. The summed E-state index contributed by atoms with van der Waals surface area (Å²) in [6.45, 7) is -0.707.